The van der Waals surface area contributed by atoms with Gasteiger partial charge in [0.1, 0.15) is 5.82 Å². The molecule has 1 amide bonds. The van der Waals surface area contributed by atoms with E-state index in [4.69, 9.17) is 9.52 Å². The normalized spacial score (nSPS) is 12.3. The van der Waals surface area contributed by atoms with E-state index in [1.54, 1.807) is 18.3 Å². The first-order chi connectivity index (χ1) is 14.9. The van der Waals surface area contributed by atoms with E-state index in [1.807, 2.05) is 32.2 Å². The van der Waals surface area contributed by atoms with Crippen molar-refractivity contribution in [1.29, 1.82) is 0 Å². The molecule has 0 saturated carbocycles. The highest BCUT2D eigenvalue weighted by molar-refractivity contribution is 7.90. The maximum Gasteiger partial charge on any atom is 0.418 e. The quantitative estimate of drug-likeness (QED) is 0.545. The van der Waals surface area contributed by atoms with Gasteiger partial charge in [0.2, 0.25) is 5.03 Å². The van der Waals surface area contributed by atoms with Gasteiger partial charge in [-0.05, 0) is 11.5 Å². The number of amides is 1. The number of aromatic nitrogens is 3. The number of rotatable bonds is 7. The van der Waals surface area contributed by atoms with E-state index in [1.165, 1.54) is 4.72 Å². The summed E-state index contributed by atoms with van der Waals surface area (Å²) in [6.07, 6.45) is 2.43. The van der Waals surface area contributed by atoms with Gasteiger partial charge in [0.25, 0.3) is 10.0 Å². The molecule has 0 unspecified atom stereocenters. The van der Waals surface area contributed by atoms with Gasteiger partial charge < -0.3 is 14.1 Å². The van der Waals surface area contributed by atoms with Crippen LogP contribution in [0.25, 0.3) is 11.3 Å². The Balaban J connectivity index is 1.95. The van der Waals surface area contributed by atoms with Crippen LogP contribution in [0.5, 0.6) is 0 Å². The highest BCUT2D eigenvalue weighted by Gasteiger charge is 2.29. The first kappa shape index (κ1) is 23.5. The van der Waals surface area contributed by atoms with Gasteiger partial charge >= 0.3 is 6.09 Å². The van der Waals surface area contributed by atoms with Gasteiger partial charge in [-0.25, -0.2) is 14.5 Å². The van der Waals surface area contributed by atoms with Gasteiger partial charge in [0, 0.05) is 36.3 Å². The van der Waals surface area contributed by atoms with E-state index in [0.29, 0.717) is 18.5 Å². The molecule has 0 atom stereocenters. The van der Waals surface area contributed by atoms with Crippen LogP contribution in [0, 0.1) is 5.92 Å². The zero-order valence-corrected chi connectivity index (χ0v) is 19.6. The number of sulfonamides is 1. The summed E-state index contributed by atoms with van der Waals surface area (Å²) in [6.45, 7) is 10.8. The largest absolute Gasteiger partial charge is 0.464 e. The number of hydrogen-bond donors (Lipinski definition) is 2. The number of carboxylic acid groups (broad SMARTS) is 1. The van der Waals surface area contributed by atoms with Gasteiger partial charge in [0.15, 0.2) is 11.7 Å². The number of carbonyl (C=O) groups is 1. The fraction of sp³-hybridized carbons (Fsp3) is 0.409. The number of imidazole rings is 1. The second kappa shape index (κ2) is 8.78. The van der Waals surface area contributed by atoms with E-state index in [2.05, 4.69) is 35.3 Å². The average molecular weight is 461 g/mol. The lowest BCUT2D eigenvalue weighted by atomic mass is 9.95. The Morgan fingerprint density at radius 1 is 1.22 bits per heavy atom. The summed E-state index contributed by atoms with van der Waals surface area (Å²) in [5.41, 5.74) is 1.38. The molecule has 0 aliphatic rings. The Bertz CT molecular complexity index is 1200. The zero-order valence-electron chi connectivity index (χ0n) is 18.8. The second-order valence-corrected chi connectivity index (χ2v) is 10.7. The van der Waals surface area contributed by atoms with Crippen LogP contribution < -0.4 is 4.72 Å². The monoisotopic (exact) mass is 460 g/mol. The van der Waals surface area contributed by atoms with Gasteiger partial charge in [0.05, 0.1) is 0 Å². The highest BCUT2D eigenvalue weighted by Crippen LogP contribution is 2.30. The van der Waals surface area contributed by atoms with Crippen LogP contribution in [-0.2, 0) is 28.4 Å². The zero-order chi connectivity index (χ0) is 23.7. The SMILES string of the molecule is CC(C)Cc1nc(S(=O)(=O)NC(=O)O)c(-c2ccc(Cn3ccnc3C(C)(C)C)cc2)o1. The molecule has 1 aromatic carbocycles. The summed E-state index contributed by atoms with van der Waals surface area (Å²) >= 11 is 0. The third kappa shape index (κ3) is 5.37. The molecular formula is C22H28N4O5S. The molecule has 172 valence electrons. The average Bonchev–Trinajstić information content (AvgIpc) is 3.28. The molecule has 32 heavy (non-hydrogen) atoms. The lowest BCUT2D eigenvalue weighted by Gasteiger charge is -2.19. The van der Waals surface area contributed by atoms with Crippen molar-refractivity contribution in [3.05, 3.63) is 53.9 Å². The summed E-state index contributed by atoms with van der Waals surface area (Å²) in [7, 11) is -4.39. The standard InChI is InChI=1S/C22H28N4O5S/c1-14(2)12-17-24-19(32(29,30)25-21(27)28)18(31-17)16-8-6-15(7-9-16)13-26-11-10-23-20(26)22(3,4)5/h6-11,14,25H,12-13H2,1-5H3,(H,27,28). The molecule has 0 saturated heterocycles. The molecule has 2 heterocycles. The van der Waals surface area contributed by atoms with Crippen molar-refractivity contribution in [3.8, 4) is 11.3 Å². The summed E-state index contributed by atoms with van der Waals surface area (Å²) in [5.74, 6) is 1.39. The fourth-order valence-corrected chi connectivity index (χ4v) is 4.30. The van der Waals surface area contributed by atoms with Crippen molar-refractivity contribution in [1.82, 2.24) is 19.3 Å². The smallest absolute Gasteiger partial charge is 0.418 e. The molecule has 0 aliphatic heterocycles. The molecule has 3 rings (SSSR count). The molecular weight excluding hydrogens is 432 g/mol. The van der Waals surface area contributed by atoms with E-state index >= 15 is 0 Å². The van der Waals surface area contributed by atoms with E-state index < -0.39 is 21.1 Å². The minimum Gasteiger partial charge on any atom is -0.464 e. The molecule has 2 N–H and O–H groups in total. The molecule has 0 aliphatic carbocycles. The summed E-state index contributed by atoms with van der Waals surface area (Å²) in [4.78, 5) is 19.5. The Morgan fingerprint density at radius 2 is 1.88 bits per heavy atom. The van der Waals surface area contributed by atoms with Crippen LogP contribution in [0.4, 0.5) is 4.79 Å². The molecule has 0 radical (unpaired) electrons. The van der Waals surface area contributed by atoms with Crippen LogP contribution in [-0.4, -0.2) is 34.2 Å². The van der Waals surface area contributed by atoms with Crippen molar-refractivity contribution in [2.45, 2.75) is 58.0 Å². The minimum atomic E-state index is -4.39. The molecule has 10 heteroatoms. The molecule has 3 aromatic rings. The molecule has 0 bridgehead atoms. The molecule has 0 spiro atoms. The number of benzene rings is 1. The van der Waals surface area contributed by atoms with Crippen molar-refractivity contribution in [3.63, 3.8) is 0 Å². The van der Waals surface area contributed by atoms with Crippen LogP contribution in [0.15, 0.2) is 46.1 Å². The lowest BCUT2D eigenvalue weighted by Crippen LogP contribution is -2.29. The van der Waals surface area contributed by atoms with Gasteiger partial charge in [-0.3, -0.25) is 0 Å². The van der Waals surface area contributed by atoms with E-state index in [0.717, 1.165) is 11.4 Å². The maximum absolute atomic E-state index is 12.5. The highest BCUT2D eigenvalue weighted by atomic mass is 32.2. The summed E-state index contributed by atoms with van der Waals surface area (Å²) < 4.78 is 34.4. The van der Waals surface area contributed by atoms with Crippen LogP contribution in [0.2, 0.25) is 0 Å². The van der Waals surface area contributed by atoms with E-state index in [9.17, 15) is 13.2 Å². The first-order valence-corrected chi connectivity index (χ1v) is 11.7. The van der Waals surface area contributed by atoms with Crippen LogP contribution in [0.3, 0.4) is 0 Å². The Labute approximate surface area is 187 Å². The predicted molar refractivity (Wildman–Crippen MR) is 119 cm³/mol. The molecule has 9 nitrogen and oxygen atoms in total. The summed E-state index contributed by atoms with van der Waals surface area (Å²) in [5, 5.41) is 8.47. The van der Waals surface area contributed by atoms with Crippen molar-refractivity contribution >= 4 is 16.1 Å². The summed E-state index contributed by atoms with van der Waals surface area (Å²) in [6, 6.07) is 7.21. The number of hydrogen-bond acceptors (Lipinski definition) is 6. The second-order valence-electron chi connectivity index (χ2n) is 9.08. The predicted octanol–water partition coefficient (Wildman–Crippen LogP) is 4.04. The lowest BCUT2D eigenvalue weighted by molar-refractivity contribution is 0.201. The van der Waals surface area contributed by atoms with Crippen molar-refractivity contribution in [2.24, 2.45) is 5.92 Å². The first-order valence-electron chi connectivity index (χ1n) is 10.2. The van der Waals surface area contributed by atoms with Crippen molar-refractivity contribution in [2.75, 3.05) is 0 Å². The van der Waals surface area contributed by atoms with Gasteiger partial charge in [-0.2, -0.15) is 13.4 Å². The minimum absolute atomic E-state index is 0.0129. The van der Waals surface area contributed by atoms with Crippen LogP contribution >= 0.6 is 0 Å². The van der Waals surface area contributed by atoms with E-state index in [-0.39, 0.29) is 23.0 Å². The van der Waals surface area contributed by atoms with Gasteiger partial charge in [-0.15, -0.1) is 0 Å². The third-order valence-corrected chi connectivity index (χ3v) is 5.88. The van der Waals surface area contributed by atoms with Crippen LogP contribution in [0.1, 0.15) is 51.9 Å². The fourth-order valence-electron chi connectivity index (χ4n) is 3.35. The third-order valence-electron chi connectivity index (χ3n) is 4.65. The maximum atomic E-state index is 12.5. The number of oxazole rings is 1. The Hall–Kier alpha value is -3.14. The number of nitrogens with zero attached hydrogens (tertiary/aromatic N) is 3. The van der Waals surface area contributed by atoms with Crippen molar-refractivity contribution < 1.29 is 22.7 Å². The Morgan fingerprint density at radius 3 is 2.44 bits per heavy atom. The topological polar surface area (TPSA) is 127 Å². The Kier molecular flexibility index (Phi) is 6.45. The molecule has 2 aromatic heterocycles. The molecule has 0 fully saturated rings. The number of nitrogens with one attached hydrogen (secondary N) is 1. The van der Waals surface area contributed by atoms with Gasteiger partial charge in [-0.1, -0.05) is 58.9 Å².